The molecule has 0 radical (unpaired) electrons. The van der Waals surface area contributed by atoms with Gasteiger partial charge in [0.1, 0.15) is 0 Å². The van der Waals surface area contributed by atoms with Crippen molar-refractivity contribution in [2.45, 2.75) is 232 Å². The van der Waals surface area contributed by atoms with Gasteiger partial charge in [-0.3, -0.25) is 0 Å². The van der Waals surface area contributed by atoms with Gasteiger partial charge in [0, 0.05) is 13.0 Å². The molecule has 0 saturated heterocycles. The van der Waals surface area contributed by atoms with Crippen LogP contribution in [-0.4, -0.2) is 41.0 Å². The van der Waals surface area contributed by atoms with Gasteiger partial charge < -0.3 is 15.1 Å². The smallest absolute Gasteiger partial charge is 0.152 e. The average molecular weight is 596 g/mol. The highest BCUT2D eigenvalue weighted by molar-refractivity contribution is 4.61. The van der Waals surface area contributed by atoms with E-state index in [1.165, 1.54) is 205 Å². The summed E-state index contributed by atoms with van der Waals surface area (Å²) in [5, 5.41) is 18.7. The summed E-state index contributed by atoms with van der Waals surface area (Å²) >= 11 is 0. The Labute approximate surface area is 266 Å². The summed E-state index contributed by atoms with van der Waals surface area (Å²) in [6, 6.07) is 0. The zero-order valence-electron chi connectivity index (χ0n) is 29.4. The van der Waals surface area contributed by atoms with E-state index in [1.54, 1.807) is 0 Å². The Morgan fingerprint density at radius 3 is 0.738 bits per heavy atom. The molecule has 0 aliphatic rings. The molecule has 0 saturated carbocycles. The molecule has 0 amide bonds. The second kappa shape index (κ2) is 37.1. The molecule has 0 heterocycles. The zero-order chi connectivity index (χ0) is 30.6. The summed E-state index contributed by atoms with van der Waals surface area (Å²) in [4.78, 5) is 2.49. The van der Waals surface area contributed by atoms with Crippen LogP contribution < -0.4 is 0 Å². The van der Waals surface area contributed by atoms with Crippen molar-refractivity contribution in [3.05, 3.63) is 0 Å². The maximum absolute atomic E-state index is 9.36. The highest BCUT2D eigenvalue weighted by atomic mass is 16.5. The van der Waals surface area contributed by atoms with Crippen LogP contribution in [0.25, 0.3) is 0 Å². The fourth-order valence-electron chi connectivity index (χ4n) is 6.40. The lowest BCUT2D eigenvalue weighted by atomic mass is 10.0. The predicted octanol–water partition coefficient (Wildman–Crippen LogP) is 12.5. The van der Waals surface area contributed by atoms with E-state index in [0.717, 1.165) is 19.6 Å². The zero-order valence-corrected chi connectivity index (χ0v) is 29.4. The Kier molecular flexibility index (Phi) is 37.0. The monoisotopic (exact) mass is 596 g/mol. The van der Waals surface area contributed by atoms with Crippen LogP contribution in [0.15, 0.2) is 0 Å². The SMILES string of the molecule is CCCCCCCCCCCCCCCCCCN(CCCCCCCCCCCCCCCCCC)CCC(O)O. The van der Waals surface area contributed by atoms with Gasteiger partial charge in [-0.15, -0.1) is 0 Å². The van der Waals surface area contributed by atoms with Crippen LogP contribution in [0.5, 0.6) is 0 Å². The molecule has 3 heteroatoms. The second-order valence-electron chi connectivity index (χ2n) is 13.7. The average Bonchev–Trinajstić information content (AvgIpc) is 2.98. The largest absolute Gasteiger partial charge is 0.368 e. The van der Waals surface area contributed by atoms with Crippen molar-refractivity contribution < 1.29 is 10.2 Å². The molecule has 0 aliphatic carbocycles. The van der Waals surface area contributed by atoms with E-state index in [0.29, 0.717) is 6.42 Å². The molecule has 0 bridgehead atoms. The van der Waals surface area contributed by atoms with Gasteiger partial charge in [0.05, 0.1) is 0 Å². The molecule has 0 aliphatic heterocycles. The Morgan fingerprint density at radius 2 is 0.524 bits per heavy atom. The van der Waals surface area contributed by atoms with E-state index in [1.807, 2.05) is 0 Å². The van der Waals surface area contributed by atoms with Crippen molar-refractivity contribution >= 4 is 0 Å². The van der Waals surface area contributed by atoms with Crippen LogP contribution in [0.1, 0.15) is 226 Å². The number of aliphatic hydroxyl groups is 2. The molecule has 0 aromatic heterocycles. The molecule has 0 fully saturated rings. The first-order valence-electron chi connectivity index (χ1n) is 19.8. The van der Waals surface area contributed by atoms with Crippen LogP contribution in [-0.2, 0) is 0 Å². The van der Waals surface area contributed by atoms with Crippen LogP contribution in [0.2, 0.25) is 0 Å². The molecule has 2 N–H and O–H groups in total. The van der Waals surface area contributed by atoms with Crippen LogP contribution in [0.4, 0.5) is 0 Å². The first-order valence-corrected chi connectivity index (χ1v) is 19.8. The highest BCUT2D eigenvalue weighted by Crippen LogP contribution is 2.16. The summed E-state index contributed by atoms with van der Waals surface area (Å²) in [5.41, 5.74) is 0. The summed E-state index contributed by atoms with van der Waals surface area (Å²) in [6.07, 6.45) is 44.5. The minimum Gasteiger partial charge on any atom is -0.368 e. The van der Waals surface area contributed by atoms with E-state index in [2.05, 4.69) is 18.7 Å². The maximum atomic E-state index is 9.36. The Balaban J connectivity index is 3.54. The van der Waals surface area contributed by atoms with Crippen molar-refractivity contribution in [2.75, 3.05) is 19.6 Å². The van der Waals surface area contributed by atoms with Gasteiger partial charge in [-0.25, -0.2) is 0 Å². The standard InChI is InChI=1S/C39H81NO2/c1-3-5-7-9-11-13-15-17-19-21-23-25-27-29-31-33-36-40(38-35-39(41)42)37-34-32-30-28-26-24-22-20-18-16-14-12-10-8-6-4-2/h39,41-42H,3-38H2,1-2H3. The van der Waals surface area contributed by atoms with Gasteiger partial charge in [-0.2, -0.15) is 0 Å². The van der Waals surface area contributed by atoms with Crippen molar-refractivity contribution in [1.82, 2.24) is 4.90 Å². The quantitative estimate of drug-likeness (QED) is 0.0554. The molecular weight excluding hydrogens is 514 g/mol. The Bertz CT molecular complexity index is 433. The summed E-state index contributed by atoms with van der Waals surface area (Å²) in [6.45, 7) is 7.68. The fourth-order valence-corrected chi connectivity index (χ4v) is 6.40. The molecule has 0 atom stereocenters. The number of hydrogen-bond donors (Lipinski definition) is 2. The lowest BCUT2D eigenvalue weighted by Gasteiger charge is -2.22. The molecular formula is C39H81NO2. The van der Waals surface area contributed by atoms with Crippen molar-refractivity contribution in [1.29, 1.82) is 0 Å². The molecule has 42 heavy (non-hydrogen) atoms. The van der Waals surface area contributed by atoms with E-state index in [4.69, 9.17) is 0 Å². The molecule has 0 aromatic rings. The fraction of sp³-hybridized carbons (Fsp3) is 1.00. The normalized spacial score (nSPS) is 11.9. The topological polar surface area (TPSA) is 43.7 Å². The first-order chi connectivity index (χ1) is 20.7. The van der Waals surface area contributed by atoms with Gasteiger partial charge in [0.2, 0.25) is 0 Å². The third kappa shape index (κ3) is 36.1. The van der Waals surface area contributed by atoms with Gasteiger partial charge >= 0.3 is 0 Å². The lowest BCUT2D eigenvalue weighted by Crippen LogP contribution is -2.29. The van der Waals surface area contributed by atoms with E-state index in [9.17, 15) is 10.2 Å². The first kappa shape index (κ1) is 41.9. The number of hydrogen-bond acceptors (Lipinski definition) is 3. The lowest BCUT2D eigenvalue weighted by molar-refractivity contribution is -0.0504. The van der Waals surface area contributed by atoms with Gasteiger partial charge in [-0.1, -0.05) is 206 Å². The molecule has 3 nitrogen and oxygen atoms in total. The second-order valence-corrected chi connectivity index (χ2v) is 13.7. The Morgan fingerprint density at radius 1 is 0.310 bits per heavy atom. The number of aliphatic hydroxyl groups excluding tert-OH is 1. The van der Waals surface area contributed by atoms with Crippen molar-refractivity contribution in [2.24, 2.45) is 0 Å². The molecule has 254 valence electrons. The highest BCUT2D eigenvalue weighted by Gasteiger charge is 2.07. The molecule has 0 rings (SSSR count). The third-order valence-electron chi connectivity index (χ3n) is 9.36. The minimum atomic E-state index is -1.16. The summed E-state index contributed by atoms with van der Waals surface area (Å²) in [5.74, 6) is 0. The van der Waals surface area contributed by atoms with Gasteiger partial charge in [-0.05, 0) is 25.9 Å². The van der Waals surface area contributed by atoms with Crippen LogP contribution in [0.3, 0.4) is 0 Å². The van der Waals surface area contributed by atoms with Crippen molar-refractivity contribution in [3.8, 4) is 0 Å². The van der Waals surface area contributed by atoms with E-state index in [-0.39, 0.29) is 0 Å². The predicted molar refractivity (Wildman–Crippen MR) is 188 cm³/mol. The molecule has 0 aromatic carbocycles. The minimum absolute atomic E-state index is 0.484. The maximum Gasteiger partial charge on any atom is 0.152 e. The van der Waals surface area contributed by atoms with E-state index < -0.39 is 6.29 Å². The van der Waals surface area contributed by atoms with Crippen LogP contribution >= 0.6 is 0 Å². The number of unbranched alkanes of at least 4 members (excludes halogenated alkanes) is 30. The van der Waals surface area contributed by atoms with Gasteiger partial charge in [0.25, 0.3) is 0 Å². The Hall–Kier alpha value is -0.120. The molecule has 0 unspecified atom stereocenters. The number of nitrogens with zero attached hydrogens (tertiary/aromatic N) is 1. The van der Waals surface area contributed by atoms with Crippen molar-refractivity contribution in [3.63, 3.8) is 0 Å². The van der Waals surface area contributed by atoms with Crippen LogP contribution in [0, 0.1) is 0 Å². The summed E-state index contributed by atoms with van der Waals surface area (Å²) in [7, 11) is 0. The van der Waals surface area contributed by atoms with Gasteiger partial charge in [0.15, 0.2) is 6.29 Å². The van der Waals surface area contributed by atoms with E-state index >= 15 is 0 Å². The number of rotatable bonds is 37. The summed E-state index contributed by atoms with van der Waals surface area (Å²) < 4.78 is 0. The third-order valence-corrected chi connectivity index (χ3v) is 9.36. The molecule has 0 spiro atoms.